The van der Waals surface area contributed by atoms with Gasteiger partial charge >= 0.3 is 6.18 Å². The van der Waals surface area contributed by atoms with Crippen molar-refractivity contribution in [1.29, 1.82) is 0 Å². The minimum Gasteiger partial charge on any atom is -0.461 e. The van der Waals surface area contributed by atoms with Crippen molar-refractivity contribution in [3.05, 3.63) is 33.8 Å². The molecule has 2 heterocycles. The number of nitrogens with one attached hydrogen (secondary N) is 1. The lowest BCUT2D eigenvalue weighted by Crippen LogP contribution is -2.43. The average Bonchev–Trinajstić information content (AvgIpc) is 3.52. The first-order valence-electron chi connectivity index (χ1n) is 12.3. The molecule has 0 aliphatic rings. The van der Waals surface area contributed by atoms with Crippen LogP contribution in [0.5, 0.6) is 0 Å². The van der Waals surface area contributed by atoms with Crippen LogP contribution in [0.15, 0.2) is 21.4 Å². The largest absolute Gasteiger partial charge is 0.461 e. The summed E-state index contributed by atoms with van der Waals surface area (Å²) in [5.41, 5.74) is -0.910. The molecule has 0 saturated carbocycles. The highest BCUT2D eigenvalue weighted by atomic mass is 35.5. The second kappa shape index (κ2) is 12.8. The normalized spacial score (nSPS) is 13.2. The molecule has 11 nitrogen and oxygen atoms in total. The maximum absolute atomic E-state index is 13.4. The fourth-order valence-corrected chi connectivity index (χ4v) is 6.79. The summed E-state index contributed by atoms with van der Waals surface area (Å²) < 4.78 is 76.6. The van der Waals surface area contributed by atoms with Crippen molar-refractivity contribution >= 4 is 56.9 Å². The smallest absolute Gasteiger partial charge is 0.404 e. The molecule has 0 aliphatic carbocycles. The van der Waals surface area contributed by atoms with E-state index < -0.39 is 43.7 Å². The van der Waals surface area contributed by atoms with Gasteiger partial charge in [-0.2, -0.15) is 17.9 Å². The SMILES string of the molecule is CCN(CC)C(=O)c1nc(-c2nnc(CC(C)(C)OC=O)o2)sc1-c1ccc(S(=O)(=O)N[C@@H](C)C(F)(F)F)c(Cl)c1Cl. The number of sulfonamides is 1. The lowest BCUT2D eigenvalue weighted by atomic mass is 10.1. The van der Waals surface area contributed by atoms with Gasteiger partial charge in [-0.3, -0.25) is 9.59 Å². The van der Waals surface area contributed by atoms with Crippen molar-refractivity contribution in [2.75, 3.05) is 13.1 Å². The number of rotatable bonds is 12. The molecule has 1 amide bonds. The van der Waals surface area contributed by atoms with E-state index in [9.17, 15) is 31.2 Å². The van der Waals surface area contributed by atoms with E-state index >= 15 is 0 Å². The molecule has 0 fully saturated rings. The fraction of sp³-hybridized carbons (Fsp3) is 0.458. The zero-order valence-corrected chi connectivity index (χ0v) is 26.0. The standard InChI is InChI=1S/C24H26Cl2F3N5O6S2/c1-6-34(7-2)22(36)18-19(41-21(30-18)20-32-31-15(40-20)10-23(4,5)39-11-35)13-8-9-14(17(26)16(13)25)42(37,38)33-12(3)24(27,28)29/h8-9,11-12,33H,6-7,10H2,1-5H3/t12-/m0/s1. The predicted molar refractivity (Wildman–Crippen MR) is 149 cm³/mol. The van der Waals surface area contributed by atoms with E-state index in [1.807, 2.05) is 0 Å². The molecule has 1 aromatic carbocycles. The summed E-state index contributed by atoms with van der Waals surface area (Å²) in [7, 11) is -4.74. The average molecular weight is 673 g/mol. The second-order valence-corrected chi connectivity index (χ2v) is 12.9. The number of ether oxygens (including phenoxy) is 1. The van der Waals surface area contributed by atoms with Gasteiger partial charge in [0.15, 0.2) is 5.01 Å². The Bertz CT molecular complexity index is 1570. The molecule has 1 N–H and O–H groups in total. The summed E-state index contributed by atoms with van der Waals surface area (Å²) in [4.78, 5) is 29.6. The number of hydrogen-bond acceptors (Lipinski definition) is 10. The molecule has 1 atom stereocenters. The number of alkyl halides is 3. The minimum atomic E-state index is -4.84. The zero-order chi connectivity index (χ0) is 31.6. The number of aromatic nitrogens is 3. The topological polar surface area (TPSA) is 145 Å². The Balaban J connectivity index is 2.12. The molecule has 0 unspecified atom stereocenters. The minimum absolute atomic E-state index is 0.0523. The number of carbonyl (C=O) groups is 2. The third-order valence-corrected chi connectivity index (χ3v) is 9.53. The maximum Gasteiger partial charge on any atom is 0.404 e. The molecule has 230 valence electrons. The number of hydrogen-bond donors (Lipinski definition) is 1. The molecular weight excluding hydrogens is 646 g/mol. The van der Waals surface area contributed by atoms with E-state index in [-0.39, 0.29) is 44.4 Å². The van der Waals surface area contributed by atoms with Gasteiger partial charge in [-0.25, -0.2) is 13.4 Å². The zero-order valence-electron chi connectivity index (χ0n) is 22.9. The first-order valence-corrected chi connectivity index (χ1v) is 15.3. The van der Waals surface area contributed by atoms with Crippen LogP contribution < -0.4 is 4.72 Å². The highest BCUT2D eigenvalue weighted by Gasteiger charge is 2.39. The summed E-state index contributed by atoms with van der Waals surface area (Å²) in [5.74, 6) is -0.410. The molecule has 0 radical (unpaired) electrons. The highest BCUT2D eigenvalue weighted by molar-refractivity contribution is 7.89. The Hall–Kier alpha value is -2.79. The Labute approximate surface area is 253 Å². The van der Waals surface area contributed by atoms with Gasteiger partial charge in [0.1, 0.15) is 22.2 Å². The van der Waals surface area contributed by atoms with E-state index in [2.05, 4.69) is 15.2 Å². The number of halogens is 5. The monoisotopic (exact) mass is 671 g/mol. The van der Waals surface area contributed by atoms with E-state index in [1.54, 1.807) is 27.7 Å². The molecule has 0 bridgehead atoms. The predicted octanol–water partition coefficient (Wildman–Crippen LogP) is 5.37. The molecule has 42 heavy (non-hydrogen) atoms. The van der Waals surface area contributed by atoms with Crippen LogP contribution >= 0.6 is 34.5 Å². The third kappa shape index (κ3) is 7.40. The summed E-state index contributed by atoms with van der Waals surface area (Å²) >= 11 is 13.7. The van der Waals surface area contributed by atoms with Gasteiger partial charge in [0.05, 0.1) is 21.3 Å². The van der Waals surface area contributed by atoms with Crippen LogP contribution in [0.4, 0.5) is 13.2 Å². The van der Waals surface area contributed by atoms with Crippen molar-refractivity contribution in [1.82, 2.24) is 24.8 Å². The van der Waals surface area contributed by atoms with Gasteiger partial charge in [0, 0.05) is 18.7 Å². The van der Waals surface area contributed by atoms with Gasteiger partial charge in [-0.05, 0) is 40.7 Å². The maximum atomic E-state index is 13.4. The Kier molecular flexibility index (Phi) is 10.3. The van der Waals surface area contributed by atoms with Crippen LogP contribution in [-0.4, -0.2) is 71.8 Å². The number of amides is 1. The second-order valence-electron chi connectivity index (χ2n) is 9.45. The van der Waals surface area contributed by atoms with Crippen molar-refractivity contribution in [3.63, 3.8) is 0 Å². The quantitative estimate of drug-likeness (QED) is 0.251. The van der Waals surface area contributed by atoms with Crippen LogP contribution in [-0.2, 0) is 26.0 Å². The summed E-state index contributed by atoms with van der Waals surface area (Å²) in [6.45, 7) is 8.43. The summed E-state index contributed by atoms with van der Waals surface area (Å²) in [5, 5.41) is 7.17. The van der Waals surface area contributed by atoms with E-state index in [1.165, 1.54) is 15.7 Å². The Morgan fingerprint density at radius 2 is 1.83 bits per heavy atom. The molecule has 3 rings (SSSR count). The third-order valence-electron chi connectivity index (χ3n) is 5.88. The fourth-order valence-electron chi connectivity index (χ4n) is 3.62. The summed E-state index contributed by atoms with van der Waals surface area (Å²) in [6.07, 6.45) is -4.76. The number of benzene rings is 1. The Morgan fingerprint density at radius 3 is 2.40 bits per heavy atom. The van der Waals surface area contributed by atoms with E-state index in [0.29, 0.717) is 26.5 Å². The summed E-state index contributed by atoms with van der Waals surface area (Å²) in [6, 6.07) is -0.190. The van der Waals surface area contributed by atoms with Crippen LogP contribution in [0.25, 0.3) is 21.3 Å². The van der Waals surface area contributed by atoms with Crippen molar-refractivity contribution in [3.8, 4) is 21.3 Å². The van der Waals surface area contributed by atoms with Crippen molar-refractivity contribution in [2.45, 2.75) is 63.8 Å². The van der Waals surface area contributed by atoms with Crippen LogP contribution in [0, 0.1) is 0 Å². The number of carbonyl (C=O) groups excluding carboxylic acids is 2. The molecule has 3 aromatic rings. The molecule has 18 heteroatoms. The van der Waals surface area contributed by atoms with Crippen LogP contribution in [0.3, 0.4) is 0 Å². The van der Waals surface area contributed by atoms with Crippen molar-refractivity contribution in [2.24, 2.45) is 0 Å². The van der Waals surface area contributed by atoms with E-state index in [0.717, 1.165) is 17.4 Å². The molecule has 0 spiro atoms. The number of thiazole rings is 1. The lowest BCUT2D eigenvalue weighted by molar-refractivity contribution is -0.147. The van der Waals surface area contributed by atoms with Crippen LogP contribution in [0.1, 0.15) is 51.0 Å². The first-order chi connectivity index (χ1) is 19.5. The van der Waals surface area contributed by atoms with E-state index in [4.69, 9.17) is 32.4 Å². The van der Waals surface area contributed by atoms with Gasteiger partial charge in [0.2, 0.25) is 15.9 Å². The first kappa shape index (κ1) is 33.7. The number of nitrogens with zero attached hydrogens (tertiary/aromatic N) is 4. The molecule has 2 aromatic heterocycles. The molecule has 0 saturated heterocycles. The van der Waals surface area contributed by atoms with Gasteiger partial charge in [-0.15, -0.1) is 21.5 Å². The molecule has 0 aliphatic heterocycles. The highest BCUT2D eigenvalue weighted by Crippen LogP contribution is 2.43. The van der Waals surface area contributed by atoms with Crippen molar-refractivity contribution < 1.29 is 40.3 Å². The van der Waals surface area contributed by atoms with Crippen LogP contribution in [0.2, 0.25) is 10.0 Å². The van der Waals surface area contributed by atoms with Gasteiger partial charge in [-0.1, -0.05) is 29.3 Å². The van der Waals surface area contributed by atoms with Gasteiger partial charge < -0.3 is 14.1 Å². The lowest BCUT2D eigenvalue weighted by Gasteiger charge is -2.19. The molecular formula is C24H26Cl2F3N5O6S2. The van der Waals surface area contributed by atoms with Gasteiger partial charge in [0.25, 0.3) is 18.3 Å². The Morgan fingerprint density at radius 1 is 1.19 bits per heavy atom.